The molecule has 0 saturated carbocycles. The number of alkyl halides is 4. The molecule has 0 N–H and O–H groups in total. The SMILES string of the molecule is CN(Cc1nccn1C(F)F)C(=O)c1ccc(OC(F)F)cc1. The van der Waals surface area contributed by atoms with E-state index in [2.05, 4.69) is 9.72 Å². The van der Waals surface area contributed by atoms with Crippen molar-refractivity contribution in [3.63, 3.8) is 0 Å². The van der Waals surface area contributed by atoms with Gasteiger partial charge in [0.25, 0.3) is 5.91 Å². The van der Waals surface area contributed by atoms with Gasteiger partial charge in [0.2, 0.25) is 0 Å². The van der Waals surface area contributed by atoms with Gasteiger partial charge in [-0.15, -0.1) is 0 Å². The second kappa shape index (κ2) is 7.12. The summed E-state index contributed by atoms with van der Waals surface area (Å²) >= 11 is 0. The van der Waals surface area contributed by atoms with Gasteiger partial charge in [-0.1, -0.05) is 0 Å². The molecule has 0 aliphatic carbocycles. The number of nitrogens with zero attached hydrogens (tertiary/aromatic N) is 3. The number of halogens is 4. The minimum Gasteiger partial charge on any atom is -0.435 e. The molecule has 0 unspecified atom stereocenters. The average molecular weight is 331 g/mol. The van der Waals surface area contributed by atoms with Crippen molar-refractivity contribution < 1.29 is 27.1 Å². The molecule has 2 aromatic rings. The van der Waals surface area contributed by atoms with Gasteiger partial charge in [-0.3, -0.25) is 9.36 Å². The molecule has 0 radical (unpaired) electrons. The van der Waals surface area contributed by atoms with Gasteiger partial charge < -0.3 is 9.64 Å². The molecule has 0 saturated heterocycles. The highest BCUT2D eigenvalue weighted by Gasteiger charge is 2.17. The highest BCUT2D eigenvalue weighted by atomic mass is 19.3. The van der Waals surface area contributed by atoms with Crippen molar-refractivity contribution in [2.75, 3.05) is 7.05 Å². The summed E-state index contributed by atoms with van der Waals surface area (Å²) in [5.41, 5.74) is 0.212. The topological polar surface area (TPSA) is 47.4 Å². The van der Waals surface area contributed by atoms with Crippen LogP contribution in [0.1, 0.15) is 22.7 Å². The van der Waals surface area contributed by atoms with Crippen molar-refractivity contribution in [3.8, 4) is 5.75 Å². The first kappa shape index (κ1) is 16.8. The van der Waals surface area contributed by atoms with Crippen LogP contribution in [0.2, 0.25) is 0 Å². The molecule has 0 fully saturated rings. The first-order valence-corrected chi connectivity index (χ1v) is 6.48. The molecule has 9 heteroatoms. The van der Waals surface area contributed by atoms with Crippen LogP contribution >= 0.6 is 0 Å². The Bertz CT molecular complexity index is 658. The minimum absolute atomic E-state index is 0.0357. The molecular formula is C14H13F4N3O2. The second-order valence-electron chi connectivity index (χ2n) is 4.59. The molecule has 0 aliphatic heterocycles. The van der Waals surface area contributed by atoms with Crippen molar-refractivity contribution in [2.24, 2.45) is 0 Å². The van der Waals surface area contributed by atoms with E-state index in [1.165, 1.54) is 42.4 Å². The van der Waals surface area contributed by atoms with Crippen molar-refractivity contribution in [1.29, 1.82) is 0 Å². The minimum atomic E-state index is -2.95. The van der Waals surface area contributed by atoms with Gasteiger partial charge in [0.1, 0.15) is 11.6 Å². The lowest BCUT2D eigenvalue weighted by atomic mass is 10.2. The standard InChI is InChI=1S/C14H13F4N3O2/c1-20(8-11-19-6-7-21(11)13(15)16)12(22)9-2-4-10(5-3-9)23-14(17)18/h2-7,13-14H,8H2,1H3. The van der Waals surface area contributed by atoms with E-state index in [1.54, 1.807) is 0 Å². The summed E-state index contributed by atoms with van der Waals surface area (Å²) in [6.45, 7) is -5.82. The smallest absolute Gasteiger partial charge is 0.387 e. The van der Waals surface area contributed by atoms with Crippen LogP contribution in [-0.4, -0.2) is 34.0 Å². The summed E-state index contributed by atoms with van der Waals surface area (Å²) in [7, 11) is 1.43. The largest absolute Gasteiger partial charge is 0.435 e. The van der Waals surface area contributed by atoms with E-state index < -0.39 is 19.1 Å². The number of ether oxygens (including phenoxy) is 1. The normalized spacial score (nSPS) is 11.1. The third-order valence-corrected chi connectivity index (χ3v) is 3.01. The number of benzene rings is 1. The molecule has 1 amide bonds. The first-order chi connectivity index (χ1) is 10.9. The maximum Gasteiger partial charge on any atom is 0.387 e. The third-order valence-electron chi connectivity index (χ3n) is 3.01. The summed E-state index contributed by atoms with van der Waals surface area (Å²) in [4.78, 5) is 17.2. The Kier molecular flexibility index (Phi) is 5.20. The fraction of sp³-hybridized carbons (Fsp3) is 0.286. The number of amides is 1. The van der Waals surface area contributed by atoms with Crippen molar-refractivity contribution in [3.05, 3.63) is 48.0 Å². The van der Waals surface area contributed by atoms with Crippen LogP contribution in [0.4, 0.5) is 17.6 Å². The Balaban J connectivity index is 2.06. The molecule has 0 bridgehead atoms. The Morgan fingerprint density at radius 1 is 1.26 bits per heavy atom. The monoisotopic (exact) mass is 331 g/mol. The van der Waals surface area contributed by atoms with Gasteiger partial charge >= 0.3 is 13.2 Å². The Morgan fingerprint density at radius 3 is 2.48 bits per heavy atom. The van der Waals surface area contributed by atoms with E-state index in [9.17, 15) is 22.4 Å². The molecule has 2 rings (SSSR count). The number of carbonyl (C=O) groups is 1. The number of hydrogen-bond donors (Lipinski definition) is 0. The number of aromatic nitrogens is 2. The zero-order valence-corrected chi connectivity index (χ0v) is 12.0. The maximum atomic E-state index is 12.7. The summed E-state index contributed by atoms with van der Waals surface area (Å²) in [6.07, 6.45) is 2.34. The van der Waals surface area contributed by atoms with Crippen molar-refractivity contribution in [1.82, 2.24) is 14.5 Å². The quantitative estimate of drug-likeness (QED) is 0.764. The molecule has 0 spiro atoms. The number of imidazole rings is 1. The van der Waals surface area contributed by atoms with Gasteiger partial charge in [0, 0.05) is 25.0 Å². The van der Waals surface area contributed by atoms with Crippen LogP contribution in [0.3, 0.4) is 0 Å². The molecule has 0 aliphatic rings. The summed E-state index contributed by atoms with van der Waals surface area (Å²) in [5.74, 6) is -0.502. The Hall–Kier alpha value is -2.58. The van der Waals surface area contributed by atoms with E-state index in [1.807, 2.05) is 0 Å². The fourth-order valence-corrected chi connectivity index (χ4v) is 1.93. The van der Waals surface area contributed by atoms with Gasteiger partial charge in [-0.05, 0) is 24.3 Å². The molecule has 1 heterocycles. The molecule has 1 aromatic heterocycles. The number of carbonyl (C=O) groups excluding carboxylic acids is 1. The van der Waals surface area contributed by atoms with E-state index in [-0.39, 0.29) is 23.7 Å². The molecule has 124 valence electrons. The lowest BCUT2D eigenvalue weighted by Gasteiger charge is -2.18. The van der Waals surface area contributed by atoms with E-state index >= 15 is 0 Å². The van der Waals surface area contributed by atoms with Crippen LogP contribution in [0.5, 0.6) is 5.75 Å². The average Bonchev–Trinajstić information content (AvgIpc) is 2.95. The maximum absolute atomic E-state index is 12.7. The molecule has 5 nitrogen and oxygen atoms in total. The Morgan fingerprint density at radius 2 is 1.91 bits per heavy atom. The van der Waals surface area contributed by atoms with E-state index in [4.69, 9.17) is 0 Å². The van der Waals surface area contributed by atoms with Crippen LogP contribution in [0.25, 0.3) is 0 Å². The van der Waals surface area contributed by atoms with Gasteiger partial charge in [0.05, 0.1) is 6.54 Å². The third kappa shape index (κ3) is 4.21. The Labute approximate surface area is 129 Å². The predicted molar refractivity (Wildman–Crippen MR) is 72.4 cm³/mol. The van der Waals surface area contributed by atoms with Crippen LogP contribution < -0.4 is 4.74 Å². The molecule has 1 aromatic carbocycles. The molecule has 23 heavy (non-hydrogen) atoms. The lowest BCUT2D eigenvalue weighted by molar-refractivity contribution is -0.0498. The highest BCUT2D eigenvalue weighted by molar-refractivity contribution is 5.94. The second-order valence-corrected chi connectivity index (χ2v) is 4.59. The van der Waals surface area contributed by atoms with Crippen LogP contribution in [0.15, 0.2) is 36.7 Å². The first-order valence-electron chi connectivity index (χ1n) is 6.48. The van der Waals surface area contributed by atoms with E-state index in [0.717, 1.165) is 6.20 Å². The van der Waals surface area contributed by atoms with Crippen LogP contribution in [0, 0.1) is 0 Å². The number of hydrogen-bond acceptors (Lipinski definition) is 3. The van der Waals surface area contributed by atoms with Gasteiger partial charge in [-0.25, -0.2) is 4.98 Å². The summed E-state index contributed by atoms with van der Waals surface area (Å²) < 4.78 is 54.4. The van der Waals surface area contributed by atoms with Crippen LogP contribution in [-0.2, 0) is 6.54 Å². The predicted octanol–water partition coefficient (Wildman–Crippen LogP) is 3.15. The zero-order valence-electron chi connectivity index (χ0n) is 12.0. The molecule has 0 atom stereocenters. The zero-order chi connectivity index (χ0) is 17.0. The van der Waals surface area contributed by atoms with Gasteiger partial charge in [-0.2, -0.15) is 17.6 Å². The number of rotatable bonds is 6. The van der Waals surface area contributed by atoms with E-state index in [0.29, 0.717) is 4.57 Å². The summed E-state index contributed by atoms with van der Waals surface area (Å²) in [6, 6.07) is 5.09. The van der Waals surface area contributed by atoms with Crippen molar-refractivity contribution >= 4 is 5.91 Å². The highest BCUT2D eigenvalue weighted by Crippen LogP contribution is 2.17. The molecular weight excluding hydrogens is 318 g/mol. The lowest BCUT2D eigenvalue weighted by Crippen LogP contribution is -2.27. The van der Waals surface area contributed by atoms with Crippen molar-refractivity contribution in [2.45, 2.75) is 19.7 Å². The van der Waals surface area contributed by atoms with Gasteiger partial charge in [0.15, 0.2) is 0 Å². The summed E-state index contributed by atoms with van der Waals surface area (Å²) in [5, 5.41) is 0. The fourth-order valence-electron chi connectivity index (χ4n) is 1.93.